The lowest BCUT2D eigenvalue weighted by Gasteiger charge is -2.44. The molecule has 0 aromatic heterocycles. The summed E-state index contributed by atoms with van der Waals surface area (Å²) in [6.45, 7) is 6.30. The van der Waals surface area contributed by atoms with E-state index < -0.39 is 0 Å². The van der Waals surface area contributed by atoms with Gasteiger partial charge in [0.05, 0.1) is 25.2 Å². The minimum atomic E-state index is -0.0617. The number of benzene rings is 1. The van der Waals surface area contributed by atoms with Crippen LogP contribution >= 0.6 is 0 Å². The molecule has 0 atom stereocenters. The molecule has 2 saturated heterocycles. The molecule has 22 heavy (non-hydrogen) atoms. The van der Waals surface area contributed by atoms with Crippen molar-refractivity contribution in [3.63, 3.8) is 0 Å². The Morgan fingerprint density at radius 1 is 1.27 bits per heavy atom. The van der Waals surface area contributed by atoms with Crippen molar-refractivity contribution >= 4 is 5.78 Å². The summed E-state index contributed by atoms with van der Waals surface area (Å²) in [5.41, 5.74) is 1.96. The van der Waals surface area contributed by atoms with Crippen LogP contribution in [0.2, 0.25) is 0 Å². The zero-order valence-corrected chi connectivity index (χ0v) is 13.3. The number of rotatable bonds is 5. The number of aliphatic hydroxyl groups excluding tert-OH is 1. The minimum absolute atomic E-state index is 0.0617. The van der Waals surface area contributed by atoms with Gasteiger partial charge in [-0.15, -0.1) is 0 Å². The number of aryl methyl sites for hydroxylation is 1. The van der Waals surface area contributed by atoms with Crippen molar-refractivity contribution in [1.82, 2.24) is 4.90 Å². The largest absolute Gasteiger partial charge is 0.396 e. The average molecular weight is 303 g/mol. The molecule has 2 heterocycles. The maximum atomic E-state index is 12.5. The van der Waals surface area contributed by atoms with Crippen LogP contribution in [0.15, 0.2) is 24.3 Å². The number of likely N-dealkylation sites (tertiary alicyclic amines) is 1. The molecule has 4 heteroatoms. The molecule has 0 amide bonds. The average Bonchev–Trinajstić information content (AvgIpc) is 2.52. The Labute approximate surface area is 132 Å². The quantitative estimate of drug-likeness (QED) is 0.844. The normalized spacial score (nSPS) is 22.3. The summed E-state index contributed by atoms with van der Waals surface area (Å²) >= 11 is 0. The van der Waals surface area contributed by atoms with Gasteiger partial charge in [0.1, 0.15) is 0 Å². The summed E-state index contributed by atoms with van der Waals surface area (Å²) in [5, 5.41) is 9.52. The first-order valence-electron chi connectivity index (χ1n) is 8.14. The van der Waals surface area contributed by atoms with Gasteiger partial charge in [-0.1, -0.05) is 29.8 Å². The molecule has 0 unspecified atom stereocenters. The van der Waals surface area contributed by atoms with Crippen LogP contribution < -0.4 is 0 Å². The second kappa shape index (κ2) is 6.49. The highest BCUT2D eigenvalue weighted by Gasteiger charge is 2.40. The van der Waals surface area contributed by atoms with Crippen LogP contribution in [0.1, 0.15) is 28.8 Å². The topological polar surface area (TPSA) is 49.8 Å². The summed E-state index contributed by atoms with van der Waals surface area (Å²) in [5.74, 6) is 0.421. The third kappa shape index (κ3) is 3.24. The Hall–Kier alpha value is -1.23. The molecule has 0 bridgehead atoms. The SMILES string of the molecule is Cc1ccc(C(=O)C2CCN(CC3(CO)COC3)CC2)cc1. The number of Topliss-reactive ketones (excluding diaryl/α,β-unsaturated/α-hetero) is 1. The van der Waals surface area contributed by atoms with E-state index in [0.29, 0.717) is 13.2 Å². The molecule has 3 rings (SSSR count). The lowest BCUT2D eigenvalue weighted by molar-refractivity contribution is -0.149. The Morgan fingerprint density at radius 3 is 2.41 bits per heavy atom. The predicted molar refractivity (Wildman–Crippen MR) is 85.0 cm³/mol. The molecule has 0 saturated carbocycles. The second-order valence-electron chi connectivity index (χ2n) is 6.93. The van der Waals surface area contributed by atoms with E-state index in [9.17, 15) is 9.90 Å². The van der Waals surface area contributed by atoms with E-state index in [2.05, 4.69) is 4.90 Å². The number of carbonyl (C=O) groups is 1. The zero-order valence-electron chi connectivity index (χ0n) is 13.3. The van der Waals surface area contributed by atoms with Crippen LogP contribution in [-0.2, 0) is 4.74 Å². The summed E-state index contributed by atoms with van der Waals surface area (Å²) in [6.07, 6.45) is 1.82. The maximum Gasteiger partial charge on any atom is 0.166 e. The van der Waals surface area contributed by atoms with Crippen molar-refractivity contribution in [1.29, 1.82) is 0 Å². The first-order valence-corrected chi connectivity index (χ1v) is 8.14. The molecular formula is C18H25NO3. The summed E-state index contributed by atoms with van der Waals surface area (Å²) in [6, 6.07) is 7.89. The monoisotopic (exact) mass is 303 g/mol. The Balaban J connectivity index is 1.53. The molecule has 1 aromatic rings. The predicted octanol–water partition coefficient (Wildman–Crippen LogP) is 1.90. The highest BCUT2D eigenvalue weighted by molar-refractivity contribution is 5.97. The number of hydrogen-bond acceptors (Lipinski definition) is 4. The van der Waals surface area contributed by atoms with Crippen molar-refractivity contribution in [3.8, 4) is 0 Å². The van der Waals surface area contributed by atoms with E-state index in [4.69, 9.17) is 4.74 Å². The van der Waals surface area contributed by atoms with Crippen molar-refractivity contribution < 1.29 is 14.6 Å². The fraction of sp³-hybridized carbons (Fsp3) is 0.611. The van der Waals surface area contributed by atoms with Gasteiger partial charge in [0.15, 0.2) is 5.78 Å². The van der Waals surface area contributed by atoms with E-state index in [-0.39, 0.29) is 23.7 Å². The van der Waals surface area contributed by atoms with Gasteiger partial charge >= 0.3 is 0 Å². The van der Waals surface area contributed by atoms with Crippen molar-refractivity contribution in [2.45, 2.75) is 19.8 Å². The second-order valence-corrected chi connectivity index (χ2v) is 6.93. The first kappa shape index (κ1) is 15.7. The van der Waals surface area contributed by atoms with Crippen LogP contribution in [0.4, 0.5) is 0 Å². The molecule has 2 aliphatic heterocycles. The molecule has 0 spiro atoms. The van der Waals surface area contributed by atoms with Crippen molar-refractivity contribution in [3.05, 3.63) is 35.4 Å². The Kier molecular flexibility index (Phi) is 4.62. The molecule has 2 fully saturated rings. The van der Waals surface area contributed by atoms with Gasteiger partial charge in [-0.2, -0.15) is 0 Å². The van der Waals surface area contributed by atoms with Crippen LogP contribution in [-0.4, -0.2) is 55.2 Å². The molecule has 0 aliphatic carbocycles. The molecule has 4 nitrogen and oxygen atoms in total. The third-order valence-corrected chi connectivity index (χ3v) is 5.01. The Morgan fingerprint density at radius 2 is 1.91 bits per heavy atom. The van der Waals surface area contributed by atoms with E-state index >= 15 is 0 Å². The van der Waals surface area contributed by atoms with Gasteiger partial charge in [0.2, 0.25) is 0 Å². The molecule has 0 radical (unpaired) electrons. The lowest BCUT2D eigenvalue weighted by Crippen LogP contribution is -2.54. The van der Waals surface area contributed by atoms with E-state index in [1.807, 2.05) is 31.2 Å². The number of ketones is 1. The van der Waals surface area contributed by atoms with Crippen LogP contribution in [0.25, 0.3) is 0 Å². The summed E-state index contributed by atoms with van der Waals surface area (Å²) in [4.78, 5) is 14.9. The number of hydrogen-bond donors (Lipinski definition) is 1. The molecule has 120 valence electrons. The third-order valence-electron chi connectivity index (χ3n) is 5.01. The molecule has 1 N–H and O–H groups in total. The van der Waals surface area contributed by atoms with Gasteiger partial charge in [-0.05, 0) is 32.9 Å². The molecule has 2 aliphatic rings. The summed E-state index contributed by atoms with van der Waals surface area (Å²) in [7, 11) is 0. The molecular weight excluding hydrogens is 278 g/mol. The minimum Gasteiger partial charge on any atom is -0.396 e. The summed E-state index contributed by atoms with van der Waals surface area (Å²) < 4.78 is 5.26. The van der Waals surface area contributed by atoms with Crippen molar-refractivity contribution in [2.75, 3.05) is 39.5 Å². The van der Waals surface area contributed by atoms with Gasteiger partial charge < -0.3 is 14.7 Å². The van der Waals surface area contributed by atoms with Crippen LogP contribution in [0.5, 0.6) is 0 Å². The first-order chi connectivity index (χ1) is 10.6. The fourth-order valence-corrected chi connectivity index (χ4v) is 3.40. The van der Waals surface area contributed by atoms with E-state index in [1.54, 1.807) is 0 Å². The fourth-order valence-electron chi connectivity index (χ4n) is 3.40. The number of piperidine rings is 1. The highest BCUT2D eigenvalue weighted by atomic mass is 16.5. The zero-order chi connectivity index (χ0) is 15.6. The van der Waals surface area contributed by atoms with Crippen molar-refractivity contribution in [2.24, 2.45) is 11.3 Å². The molecule has 1 aromatic carbocycles. The van der Waals surface area contributed by atoms with Crippen LogP contribution in [0.3, 0.4) is 0 Å². The number of nitrogens with zero attached hydrogens (tertiary/aromatic N) is 1. The smallest absolute Gasteiger partial charge is 0.166 e. The maximum absolute atomic E-state index is 12.5. The number of carbonyl (C=O) groups excluding carboxylic acids is 1. The lowest BCUT2D eigenvalue weighted by atomic mass is 9.84. The van der Waals surface area contributed by atoms with Crippen LogP contribution in [0, 0.1) is 18.3 Å². The van der Waals surface area contributed by atoms with E-state index in [0.717, 1.165) is 38.0 Å². The van der Waals surface area contributed by atoms with Gasteiger partial charge in [0, 0.05) is 18.0 Å². The van der Waals surface area contributed by atoms with Gasteiger partial charge in [0.25, 0.3) is 0 Å². The van der Waals surface area contributed by atoms with E-state index in [1.165, 1.54) is 5.56 Å². The number of aliphatic hydroxyl groups is 1. The highest BCUT2D eigenvalue weighted by Crippen LogP contribution is 2.30. The standard InChI is InChI=1S/C18H25NO3/c1-14-2-4-15(5-3-14)17(21)16-6-8-19(9-7-16)10-18(11-20)12-22-13-18/h2-5,16,20H,6-13H2,1H3. The van der Waals surface area contributed by atoms with Gasteiger partial charge in [-0.25, -0.2) is 0 Å². The Bertz CT molecular complexity index is 508. The van der Waals surface area contributed by atoms with Gasteiger partial charge in [-0.3, -0.25) is 4.79 Å². The number of ether oxygens (including phenoxy) is 1.